The number of nitrogens with zero attached hydrogens (tertiary/aromatic N) is 4. The van der Waals surface area contributed by atoms with Crippen LogP contribution in [0.4, 0.5) is 5.13 Å². The van der Waals surface area contributed by atoms with Crippen LogP contribution in [0.15, 0.2) is 6.20 Å². The van der Waals surface area contributed by atoms with Crippen molar-refractivity contribution in [1.29, 1.82) is 0 Å². The first-order valence-corrected chi connectivity index (χ1v) is 6.77. The van der Waals surface area contributed by atoms with Crippen LogP contribution in [0.25, 0.3) is 4.96 Å². The topological polar surface area (TPSA) is 62.5 Å². The molecule has 1 amide bonds. The third-order valence-electron chi connectivity index (χ3n) is 2.80. The maximum absolute atomic E-state index is 11.7. The lowest BCUT2D eigenvalue weighted by atomic mass is 10.5. The van der Waals surface area contributed by atoms with Crippen molar-refractivity contribution < 1.29 is 4.79 Å². The number of hydrogen-bond donors (Lipinski definition) is 1. The van der Waals surface area contributed by atoms with Gasteiger partial charge < -0.3 is 10.2 Å². The van der Waals surface area contributed by atoms with Crippen LogP contribution in [0.2, 0.25) is 0 Å². The third kappa shape index (κ3) is 2.31. The number of carbonyl (C=O) groups is 1. The summed E-state index contributed by atoms with van der Waals surface area (Å²) >= 11 is 1.49. The highest BCUT2D eigenvalue weighted by atomic mass is 32.1. The molecule has 0 saturated heterocycles. The van der Waals surface area contributed by atoms with E-state index in [1.807, 2.05) is 25.1 Å². The monoisotopic (exact) mass is 265 g/mol. The fraction of sp³-hybridized carbons (Fsp3) is 0.545. The summed E-state index contributed by atoms with van der Waals surface area (Å²) in [5.41, 5.74) is 0.953. The van der Waals surface area contributed by atoms with E-state index >= 15 is 0 Å². The minimum absolute atomic E-state index is 0.0593. The second-order valence-corrected chi connectivity index (χ2v) is 5.63. The van der Waals surface area contributed by atoms with Gasteiger partial charge in [0.15, 0.2) is 0 Å². The lowest BCUT2D eigenvalue weighted by Gasteiger charge is -2.14. The Balaban J connectivity index is 1.68. The molecule has 0 aromatic carbocycles. The molecule has 2 aromatic heterocycles. The first-order valence-electron chi connectivity index (χ1n) is 5.95. The largest absolute Gasteiger partial charge is 0.352 e. The number of aromatic nitrogens is 3. The van der Waals surface area contributed by atoms with E-state index in [1.54, 1.807) is 4.52 Å². The van der Waals surface area contributed by atoms with Gasteiger partial charge in [0.25, 0.3) is 0 Å². The predicted molar refractivity (Wildman–Crippen MR) is 70.0 cm³/mol. The summed E-state index contributed by atoms with van der Waals surface area (Å²) in [4.78, 5) is 18.7. The van der Waals surface area contributed by atoms with Crippen molar-refractivity contribution in [1.82, 2.24) is 19.9 Å². The van der Waals surface area contributed by atoms with Gasteiger partial charge in [0, 0.05) is 13.1 Å². The Bertz CT molecular complexity index is 554. The predicted octanol–water partition coefficient (Wildman–Crippen LogP) is 0.814. The van der Waals surface area contributed by atoms with Gasteiger partial charge in [-0.1, -0.05) is 11.3 Å². The molecule has 2 heterocycles. The highest BCUT2D eigenvalue weighted by Crippen LogP contribution is 2.22. The van der Waals surface area contributed by atoms with Crippen molar-refractivity contribution in [2.45, 2.75) is 25.8 Å². The molecule has 0 aliphatic heterocycles. The zero-order valence-electron chi connectivity index (χ0n) is 10.4. The van der Waals surface area contributed by atoms with Crippen LogP contribution in [0.5, 0.6) is 0 Å². The molecule has 6 nitrogen and oxygen atoms in total. The Morgan fingerprint density at radius 1 is 1.67 bits per heavy atom. The number of rotatable bonds is 4. The van der Waals surface area contributed by atoms with Crippen LogP contribution in [0.3, 0.4) is 0 Å². The number of anilines is 1. The number of imidazole rings is 1. The standard InChI is InChI=1S/C11H15N5OS/c1-7-5-16-10(12-7)18-11(14-16)15(2)6-9(17)13-8-3-4-8/h5,8H,3-4,6H2,1-2H3,(H,13,17). The summed E-state index contributed by atoms with van der Waals surface area (Å²) in [7, 11) is 1.87. The summed E-state index contributed by atoms with van der Waals surface area (Å²) < 4.78 is 1.75. The summed E-state index contributed by atoms with van der Waals surface area (Å²) in [5.74, 6) is 0.0593. The number of carbonyl (C=O) groups excluding carboxylic acids is 1. The Kier molecular flexibility index (Phi) is 2.70. The Morgan fingerprint density at radius 2 is 2.44 bits per heavy atom. The molecule has 0 radical (unpaired) electrons. The van der Waals surface area contributed by atoms with Gasteiger partial charge in [-0.15, -0.1) is 5.10 Å². The van der Waals surface area contributed by atoms with E-state index in [4.69, 9.17) is 0 Å². The van der Waals surface area contributed by atoms with Gasteiger partial charge in [-0.05, 0) is 19.8 Å². The van der Waals surface area contributed by atoms with E-state index < -0.39 is 0 Å². The SMILES string of the molecule is Cc1cn2nc(N(C)CC(=O)NC3CC3)sc2n1. The van der Waals surface area contributed by atoms with Gasteiger partial charge in [-0.3, -0.25) is 4.79 Å². The molecule has 0 bridgehead atoms. The number of nitrogens with one attached hydrogen (secondary N) is 1. The average molecular weight is 265 g/mol. The zero-order valence-corrected chi connectivity index (χ0v) is 11.2. The molecule has 1 saturated carbocycles. The molecule has 18 heavy (non-hydrogen) atoms. The third-order valence-corrected chi connectivity index (χ3v) is 3.84. The van der Waals surface area contributed by atoms with Crippen molar-refractivity contribution in [3.05, 3.63) is 11.9 Å². The van der Waals surface area contributed by atoms with Gasteiger partial charge in [-0.25, -0.2) is 9.50 Å². The second-order valence-electron chi connectivity index (χ2n) is 4.69. The maximum atomic E-state index is 11.7. The minimum Gasteiger partial charge on any atom is -0.352 e. The Labute approximate surface area is 109 Å². The van der Waals surface area contributed by atoms with Crippen molar-refractivity contribution in [3.63, 3.8) is 0 Å². The van der Waals surface area contributed by atoms with Crippen molar-refractivity contribution in [2.75, 3.05) is 18.5 Å². The van der Waals surface area contributed by atoms with E-state index in [0.29, 0.717) is 12.6 Å². The molecule has 96 valence electrons. The summed E-state index contributed by atoms with van der Waals surface area (Å²) in [6.07, 6.45) is 4.10. The Hall–Kier alpha value is -1.63. The highest BCUT2D eigenvalue weighted by Gasteiger charge is 2.24. The van der Waals surface area contributed by atoms with Crippen LogP contribution >= 0.6 is 11.3 Å². The van der Waals surface area contributed by atoms with Gasteiger partial charge in [0.2, 0.25) is 16.0 Å². The number of hydrogen-bond acceptors (Lipinski definition) is 5. The molecule has 0 spiro atoms. The molecule has 1 aliphatic rings. The van der Waals surface area contributed by atoms with Crippen LogP contribution in [0, 0.1) is 6.92 Å². The second kappa shape index (κ2) is 4.24. The van der Waals surface area contributed by atoms with E-state index in [1.165, 1.54) is 11.3 Å². The van der Waals surface area contributed by atoms with Crippen LogP contribution in [0.1, 0.15) is 18.5 Å². The summed E-state index contributed by atoms with van der Waals surface area (Å²) in [6.45, 7) is 2.28. The lowest BCUT2D eigenvalue weighted by molar-refractivity contribution is -0.119. The first-order chi connectivity index (χ1) is 8.61. The van der Waals surface area contributed by atoms with Crippen molar-refractivity contribution >= 4 is 27.3 Å². The molecule has 0 atom stereocenters. The fourth-order valence-corrected chi connectivity index (χ4v) is 2.63. The van der Waals surface area contributed by atoms with Crippen LogP contribution in [-0.2, 0) is 4.79 Å². The molecular formula is C11H15N5OS. The fourth-order valence-electron chi connectivity index (χ4n) is 1.74. The molecule has 1 fully saturated rings. The van der Waals surface area contributed by atoms with E-state index in [9.17, 15) is 4.79 Å². The highest BCUT2D eigenvalue weighted by molar-refractivity contribution is 7.20. The summed E-state index contributed by atoms with van der Waals surface area (Å²) in [6, 6.07) is 0.405. The molecule has 0 unspecified atom stereocenters. The average Bonchev–Trinajstić information content (AvgIpc) is 2.88. The smallest absolute Gasteiger partial charge is 0.239 e. The molecule has 1 N–H and O–H groups in total. The number of fused-ring (bicyclic) bond motifs is 1. The summed E-state index contributed by atoms with van der Waals surface area (Å²) in [5, 5.41) is 8.17. The minimum atomic E-state index is 0.0593. The van der Waals surface area contributed by atoms with Gasteiger partial charge in [0.1, 0.15) is 0 Å². The molecule has 3 rings (SSSR count). The normalized spacial score (nSPS) is 15.0. The number of aryl methyl sites for hydroxylation is 1. The molecular weight excluding hydrogens is 250 g/mol. The lowest BCUT2D eigenvalue weighted by Crippen LogP contribution is -2.36. The quantitative estimate of drug-likeness (QED) is 0.889. The molecule has 1 aliphatic carbocycles. The zero-order chi connectivity index (χ0) is 12.7. The number of amides is 1. The van der Waals surface area contributed by atoms with Crippen molar-refractivity contribution in [2.24, 2.45) is 0 Å². The van der Waals surface area contributed by atoms with Crippen LogP contribution in [-0.4, -0.2) is 40.1 Å². The van der Waals surface area contributed by atoms with Crippen molar-refractivity contribution in [3.8, 4) is 0 Å². The van der Waals surface area contributed by atoms with E-state index in [2.05, 4.69) is 15.4 Å². The Morgan fingerprint density at radius 3 is 3.11 bits per heavy atom. The van der Waals surface area contributed by atoms with E-state index in [-0.39, 0.29) is 5.91 Å². The first kappa shape index (κ1) is 11.5. The maximum Gasteiger partial charge on any atom is 0.239 e. The van der Waals surface area contributed by atoms with Gasteiger partial charge in [0.05, 0.1) is 18.4 Å². The molecule has 2 aromatic rings. The van der Waals surface area contributed by atoms with Gasteiger partial charge in [-0.2, -0.15) is 0 Å². The molecule has 7 heteroatoms. The number of likely N-dealkylation sites (N-methyl/N-ethyl adjacent to an activating group) is 1. The van der Waals surface area contributed by atoms with E-state index in [0.717, 1.165) is 28.6 Å². The van der Waals surface area contributed by atoms with Crippen LogP contribution < -0.4 is 10.2 Å². The van der Waals surface area contributed by atoms with Gasteiger partial charge >= 0.3 is 0 Å².